The molecule has 0 aliphatic rings. The number of aromatic nitrogens is 2. The number of nitriles is 1. The van der Waals surface area contributed by atoms with E-state index in [4.69, 9.17) is 16.9 Å². The SMILES string of the molecule is CI.Cn1c(C(F)(F)F)cc(=O)n(-c2ccc(Cl)c(C#N)c2)c1=O. The molecule has 1 heterocycles. The van der Waals surface area contributed by atoms with Crippen molar-refractivity contribution in [3.63, 3.8) is 0 Å². The highest BCUT2D eigenvalue weighted by Gasteiger charge is 2.35. The molecular weight excluding hydrogens is 462 g/mol. The Morgan fingerprint density at radius 1 is 1.21 bits per heavy atom. The lowest BCUT2D eigenvalue weighted by atomic mass is 10.2. The fourth-order valence-corrected chi connectivity index (χ4v) is 2.03. The molecule has 0 aliphatic carbocycles. The highest BCUT2D eigenvalue weighted by molar-refractivity contribution is 14.1. The van der Waals surface area contributed by atoms with E-state index < -0.39 is 23.1 Å². The lowest BCUT2D eigenvalue weighted by Crippen LogP contribution is -2.40. The van der Waals surface area contributed by atoms with Gasteiger partial charge in [0.15, 0.2) is 0 Å². The van der Waals surface area contributed by atoms with E-state index in [0.29, 0.717) is 15.2 Å². The van der Waals surface area contributed by atoms with Crippen LogP contribution >= 0.6 is 34.2 Å². The molecule has 0 saturated heterocycles. The Balaban J connectivity index is 0.00000139. The number of alkyl halides is 4. The first-order valence-corrected chi connectivity index (χ1v) is 8.68. The molecule has 0 atom stereocenters. The molecule has 0 amide bonds. The van der Waals surface area contributed by atoms with Crippen LogP contribution in [0.2, 0.25) is 5.02 Å². The number of rotatable bonds is 1. The third kappa shape index (κ3) is 3.99. The minimum Gasteiger partial charge on any atom is -0.292 e. The highest BCUT2D eigenvalue weighted by Crippen LogP contribution is 2.27. The van der Waals surface area contributed by atoms with Gasteiger partial charge in [-0.2, -0.15) is 18.4 Å². The van der Waals surface area contributed by atoms with E-state index in [-0.39, 0.29) is 16.3 Å². The molecule has 0 saturated carbocycles. The lowest BCUT2D eigenvalue weighted by molar-refractivity contribution is -0.144. The van der Waals surface area contributed by atoms with Crippen LogP contribution in [0.3, 0.4) is 0 Å². The normalized spacial score (nSPS) is 10.6. The van der Waals surface area contributed by atoms with E-state index in [1.165, 1.54) is 12.1 Å². The molecule has 0 bridgehead atoms. The Hall–Kier alpha value is -1.80. The molecule has 1 aromatic carbocycles. The van der Waals surface area contributed by atoms with Crippen molar-refractivity contribution in [3.8, 4) is 11.8 Å². The van der Waals surface area contributed by atoms with E-state index in [2.05, 4.69) is 22.6 Å². The summed E-state index contributed by atoms with van der Waals surface area (Å²) in [5, 5.41) is 8.98. The van der Waals surface area contributed by atoms with Crippen molar-refractivity contribution in [2.24, 2.45) is 7.05 Å². The maximum absolute atomic E-state index is 12.7. The van der Waals surface area contributed by atoms with Gasteiger partial charge in [0.05, 0.1) is 16.3 Å². The summed E-state index contributed by atoms with van der Waals surface area (Å²) < 4.78 is 39.1. The Bertz CT molecular complexity index is 913. The molecule has 0 aliphatic heterocycles. The first-order chi connectivity index (χ1) is 11.2. The van der Waals surface area contributed by atoms with Crippen molar-refractivity contribution in [2.45, 2.75) is 6.18 Å². The molecule has 1 aromatic heterocycles. The largest absolute Gasteiger partial charge is 0.431 e. The number of hydrogen-bond donors (Lipinski definition) is 0. The summed E-state index contributed by atoms with van der Waals surface area (Å²) in [6, 6.07) is 5.77. The van der Waals surface area contributed by atoms with Crippen LogP contribution in [0.4, 0.5) is 13.2 Å². The molecule has 2 rings (SSSR count). The molecule has 128 valence electrons. The molecule has 5 nitrogen and oxygen atoms in total. The second-order valence-corrected chi connectivity index (χ2v) is 4.73. The van der Waals surface area contributed by atoms with Crippen LogP contribution in [-0.2, 0) is 13.2 Å². The van der Waals surface area contributed by atoms with Crippen LogP contribution < -0.4 is 11.2 Å². The van der Waals surface area contributed by atoms with E-state index in [0.717, 1.165) is 13.1 Å². The summed E-state index contributed by atoms with van der Waals surface area (Å²) in [4.78, 5) is 25.9. The predicted molar refractivity (Wildman–Crippen MR) is 92.0 cm³/mol. The number of nitrogens with zero attached hydrogens (tertiary/aromatic N) is 3. The molecule has 0 unspecified atom stereocenters. The van der Waals surface area contributed by atoms with Crippen molar-refractivity contribution in [3.05, 3.63) is 61.4 Å². The molecular formula is C14H10ClF3IN3O2. The van der Waals surface area contributed by atoms with Gasteiger partial charge in [-0.3, -0.25) is 9.36 Å². The van der Waals surface area contributed by atoms with Gasteiger partial charge in [-0.05, 0) is 23.1 Å². The van der Waals surface area contributed by atoms with Gasteiger partial charge in [0.2, 0.25) is 0 Å². The van der Waals surface area contributed by atoms with Crippen molar-refractivity contribution in [2.75, 3.05) is 4.93 Å². The Morgan fingerprint density at radius 2 is 1.79 bits per heavy atom. The average molecular weight is 472 g/mol. The zero-order chi connectivity index (χ0) is 18.7. The maximum Gasteiger partial charge on any atom is 0.431 e. The quantitative estimate of drug-likeness (QED) is 0.474. The monoisotopic (exact) mass is 471 g/mol. The van der Waals surface area contributed by atoms with E-state index in [1.807, 2.05) is 4.93 Å². The molecule has 2 aromatic rings. The second kappa shape index (κ2) is 7.85. The number of halogens is 5. The van der Waals surface area contributed by atoms with Gasteiger partial charge in [0, 0.05) is 13.1 Å². The summed E-state index contributed by atoms with van der Waals surface area (Å²) >= 11 is 7.89. The third-order valence-corrected chi connectivity index (χ3v) is 3.27. The summed E-state index contributed by atoms with van der Waals surface area (Å²) in [7, 11) is 0.905. The summed E-state index contributed by atoms with van der Waals surface area (Å²) in [5.74, 6) is 0. The number of benzene rings is 1. The lowest BCUT2D eigenvalue weighted by Gasteiger charge is -2.14. The van der Waals surface area contributed by atoms with Gasteiger partial charge in [0.25, 0.3) is 5.56 Å². The molecule has 0 spiro atoms. The fraction of sp³-hybridized carbons (Fsp3) is 0.214. The minimum atomic E-state index is -4.83. The highest BCUT2D eigenvalue weighted by atomic mass is 127. The topological polar surface area (TPSA) is 67.8 Å². The summed E-state index contributed by atoms with van der Waals surface area (Å²) in [6.07, 6.45) is -4.83. The fourth-order valence-electron chi connectivity index (χ4n) is 1.87. The number of hydrogen-bond acceptors (Lipinski definition) is 3. The molecule has 0 fully saturated rings. The van der Waals surface area contributed by atoms with Gasteiger partial charge >= 0.3 is 11.9 Å². The Labute approximate surface area is 153 Å². The van der Waals surface area contributed by atoms with Crippen LogP contribution in [0.25, 0.3) is 5.69 Å². The summed E-state index contributed by atoms with van der Waals surface area (Å²) in [6.45, 7) is 0. The Kier molecular flexibility index (Phi) is 6.62. The molecule has 10 heteroatoms. The van der Waals surface area contributed by atoms with Crippen molar-refractivity contribution < 1.29 is 13.2 Å². The minimum absolute atomic E-state index is 0.00647. The third-order valence-electron chi connectivity index (χ3n) is 2.94. The average Bonchev–Trinajstić information content (AvgIpc) is 2.53. The van der Waals surface area contributed by atoms with Crippen LogP contribution in [0, 0.1) is 11.3 Å². The van der Waals surface area contributed by atoms with Gasteiger partial charge in [-0.15, -0.1) is 0 Å². The van der Waals surface area contributed by atoms with Crippen LogP contribution in [0.15, 0.2) is 33.9 Å². The van der Waals surface area contributed by atoms with Crippen LogP contribution in [0.1, 0.15) is 11.3 Å². The van der Waals surface area contributed by atoms with Gasteiger partial charge in [-0.25, -0.2) is 9.36 Å². The van der Waals surface area contributed by atoms with E-state index in [1.54, 1.807) is 6.07 Å². The van der Waals surface area contributed by atoms with Gasteiger partial charge in [0.1, 0.15) is 11.8 Å². The molecule has 0 N–H and O–H groups in total. The van der Waals surface area contributed by atoms with Crippen LogP contribution in [0.5, 0.6) is 0 Å². The van der Waals surface area contributed by atoms with E-state index >= 15 is 0 Å². The first kappa shape index (κ1) is 20.2. The predicted octanol–water partition coefficient (Wildman–Crippen LogP) is 3.13. The molecule has 24 heavy (non-hydrogen) atoms. The van der Waals surface area contributed by atoms with Gasteiger partial charge < -0.3 is 0 Å². The molecule has 0 radical (unpaired) electrons. The van der Waals surface area contributed by atoms with Gasteiger partial charge in [-0.1, -0.05) is 34.2 Å². The van der Waals surface area contributed by atoms with E-state index in [9.17, 15) is 22.8 Å². The van der Waals surface area contributed by atoms with Crippen LogP contribution in [-0.4, -0.2) is 14.1 Å². The van der Waals surface area contributed by atoms with Crippen molar-refractivity contribution in [1.29, 1.82) is 5.26 Å². The van der Waals surface area contributed by atoms with Crippen molar-refractivity contribution >= 4 is 34.2 Å². The maximum atomic E-state index is 12.7. The van der Waals surface area contributed by atoms with Crippen molar-refractivity contribution in [1.82, 2.24) is 9.13 Å². The zero-order valence-electron chi connectivity index (χ0n) is 12.4. The zero-order valence-corrected chi connectivity index (χ0v) is 15.3. The smallest absolute Gasteiger partial charge is 0.292 e. The second-order valence-electron chi connectivity index (χ2n) is 4.32. The standard InChI is InChI=1S/C13H7ClF3N3O2.CH3I/c1-19-10(13(15,16)17)5-11(21)20(12(19)22)8-2-3-9(14)7(4-8)6-18;1-2/h2-5H,1H3;1H3. The Morgan fingerprint density at radius 3 is 2.29 bits per heavy atom. The first-order valence-electron chi connectivity index (χ1n) is 6.15. The summed E-state index contributed by atoms with van der Waals surface area (Å²) in [5.41, 5.74) is -3.73.